The lowest BCUT2D eigenvalue weighted by molar-refractivity contribution is -0.688. The lowest BCUT2D eigenvalue weighted by Crippen LogP contribution is -3.00. The Morgan fingerprint density at radius 1 is 1.12 bits per heavy atom. The molecule has 0 spiro atoms. The lowest BCUT2D eigenvalue weighted by atomic mass is 9.98. The molecule has 0 N–H and O–H groups in total. The molecule has 4 rings (SSSR count). The average molecular weight is 513 g/mol. The number of nitro benzene ring substituents is 1. The first-order valence-electron chi connectivity index (χ1n) is 9.85. The van der Waals surface area contributed by atoms with E-state index in [-0.39, 0.29) is 40.8 Å². The fourth-order valence-corrected chi connectivity index (χ4v) is 3.60. The number of nitro groups is 1. The van der Waals surface area contributed by atoms with Gasteiger partial charge in [0.15, 0.2) is 36.2 Å². The first kappa shape index (κ1) is 23.9. The minimum atomic E-state index is -0.408. The van der Waals surface area contributed by atoms with Crippen molar-refractivity contribution < 1.29 is 45.5 Å². The number of ether oxygens (including phenoxy) is 3. The molecule has 0 fully saturated rings. The fraction of sp³-hybridized carbons (Fsp3) is 0.167. The predicted molar refractivity (Wildman–Crippen MR) is 115 cm³/mol. The number of Topliss-reactive ketones (excluding diaryl/α,β-unsaturated/α-hetero) is 1. The Balaban J connectivity index is 0.00000306. The van der Waals surface area contributed by atoms with Crippen molar-refractivity contribution in [2.45, 2.75) is 13.2 Å². The van der Waals surface area contributed by atoms with Crippen LogP contribution < -0.4 is 31.0 Å². The third kappa shape index (κ3) is 5.04. The van der Waals surface area contributed by atoms with Gasteiger partial charge in [0.2, 0.25) is 5.78 Å². The third-order valence-electron chi connectivity index (χ3n) is 5.19. The maximum absolute atomic E-state index is 12.9. The summed E-state index contributed by atoms with van der Waals surface area (Å²) in [5.74, 6) is 1.08. The van der Waals surface area contributed by atoms with Crippen LogP contribution in [0.3, 0.4) is 0 Å². The molecule has 1 aliphatic heterocycles. The topological polar surface area (TPSA) is 91.8 Å². The SMILES string of the molecule is COc1ccc2c(c1OC)CO/C(=C\c1cc[n+](Cc3cccc([N+](=O)[O-])c3)cc1)C2=O.[Br-]. The van der Waals surface area contributed by atoms with Gasteiger partial charge in [-0.25, -0.2) is 4.57 Å². The highest BCUT2D eigenvalue weighted by Crippen LogP contribution is 2.37. The number of allylic oxidation sites excluding steroid dienone is 1. The number of ketones is 1. The van der Waals surface area contributed by atoms with E-state index in [0.29, 0.717) is 29.2 Å². The molecule has 0 radical (unpaired) electrons. The van der Waals surface area contributed by atoms with Gasteiger partial charge in [0.1, 0.15) is 6.61 Å². The number of hydrogen-bond donors (Lipinski definition) is 0. The highest BCUT2D eigenvalue weighted by atomic mass is 79.9. The highest BCUT2D eigenvalue weighted by Gasteiger charge is 2.28. The summed E-state index contributed by atoms with van der Waals surface area (Å²) in [5, 5.41) is 11.0. The van der Waals surface area contributed by atoms with E-state index in [1.807, 2.05) is 35.2 Å². The molecular weight excluding hydrogens is 492 g/mol. The summed E-state index contributed by atoms with van der Waals surface area (Å²) in [6.07, 6.45) is 5.39. The summed E-state index contributed by atoms with van der Waals surface area (Å²) < 4.78 is 18.3. The molecule has 2 heterocycles. The van der Waals surface area contributed by atoms with Crippen LogP contribution in [0.1, 0.15) is 27.0 Å². The van der Waals surface area contributed by atoms with Crippen LogP contribution in [0.4, 0.5) is 5.69 Å². The number of nitrogens with zero attached hydrogens (tertiary/aromatic N) is 2. The monoisotopic (exact) mass is 512 g/mol. The number of carbonyl (C=O) groups excluding carboxylic acids is 1. The maximum Gasteiger partial charge on any atom is 0.269 e. The minimum Gasteiger partial charge on any atom is -1.00 e. The number of non-ortho nitro benzene ring substituents is 1. The van der Waals surface area contributed by atoms with E-state index in [1.165, 1.54) is 13.2 Å². The number of halogens is 1. The zero-order chi connectivity index (χ0) is 22.7. The number of fused-ring (bicyclic) bond motifs is 1. The van der Waals surface area contributed by atoms with Gasteiger partial charge >= 0.3 is 0 Å². The smallest absolute Gasteiger partial charge is 0.269 e. The standard InChI is InChI=1S/C24H21N2O6.BrH/c1-30-21-7-6-19-20(24(21)31-2)15-32-22(23(19)27)13-16-8-10-25(11-9-16)14-17-4-3-5-18(12-17)26(28)29;/h3-13H,14-15H2,1-2H3;1H/q+1;/p-1/b22-13-;. The van der Waals surface area contributed by atoms with Gasteiger partial charge in [0.25, 0.3) is 5.69 Å². The number of benzene rings is 2. The van der Waals surface area contributed by atoms with Gasteiger partial charge in [-0.3, -0.25) is 14.9 Å². The summed E-state index contributed by atoms with van der Waals surface area (Å²) in [6, 6.07) is 13.7. The van der Waals surface area contributed by atoms with Crippen LogP contribution >= 0.6 is 0 Å². The van der Waals surface area contributed by atoms with Crippen molar-refractivity contribution in [2.24, 2.45) is 0 Å². The second kappa shape index (κ2) is 10.3. The maximum atomic E-state index is 12.9. The van der Waals surface area contributed by atoms with Gasteiger partial charge in [-0.2, -0.15) is 0 Å². The molecule has 0 saturated heterocycles. The summed E-state index contributed by atoms with van der Waals surface area (Å²) in [6.45, 7) is 0.690. The van der Waals surface area contributed by atoms with Crippen LogP contribution in [0.15, 0.2) is 66.7 Å². The Labute approximate surface area is 201 Å². The third-order valence-corrected chi connectivity index (χ3v) is 5.19. The molecule has 1 aromatic heterocycles. The van der Waals surface area contributed by atoms with Crippen molar-refractivity contribution >= 4 is 17.5 Å². The minimum absolute atomic E-state index is 0. The summed E-state index contributed by atoms with van der Waals surface area (Å²) in [4.78, 5) is 23.5. The predicted octanol–water partition coefficient (Wildman–Crippen LogP) is 0.706. The molecule has 0 saturated carbocycles. The second-order valence-electron chi connectivity index (χ2n) is 7.18. The van der Waals surface area contributed by atoms with E-state index in [0.717, 1.165) is 11.1 Å². The Hall–Kier alpha value is -3.72. The quantitative estimate of drug-likeness (QED) is 0.209. The van der Waals surface area contributed by atoms with E-state index in [4.69, 9.17) is 14.2 Å². The van der Waals surface area contributed by atoms with Crippen LogP contribution in [-0.4, -0.2) is 24.9 Å². The van der Waals surface area contributed by atoms with Crippen molar-refractivity contribution in [1.29, 1.82) is 0 Å². The largest absolute Gasteiger partial charge is 1.00 e. The van der Waals surface area contributed by atoms with Crippen LogP contribution in [0.25, 0.3) is 6.08 Å². The van der Waals surface area contributed by atoms with Gasteiger partial charge in [0, 0.05) is 41.0 Å². The molecule has 1 aliphatic rings. The zero-order valence-electron chi connectivity index (χ0n) is 18.0. The van der Waals surface area contributed by atoms with E-state index in [9.17, 15) is 14.9 Å². The normalized spacial score (nSPS) is 13.5. The molecule has 0 bridgehead atoms. The summed E-state index contributed by atoms with van der Waals surface area (Å²) >= 11 is 0. The van der Waals surface area contributed by atoms with E-state index < -0.39 is 4.92 Å². The molecule has 8 nitrogen and oxygen atoms in total. The Morgan fingerprint density at radius 2 is 1.88 bits per heavy atom. The Kier molecular flexibility index (Phi) is 7.44. The molecule has 33 heavy (non-hydrogen) atoms. The van der Waals surface area contributed by atoms with Gasteiger partial charge < -0.3 is 31.2 Å². The number of methoxy groups -OCH3 is 2. The van der Waals surface area contributed by atoms with E-state index in [1.54, 1.807) is 37.5 Å². The highest BCUT2D eigenvalue weighted by molar-refractivity contribution is 6.12. The van der Waals surface area contributed by atoms with Crippen molar-refractivity contribution in [3.05, 3.63) is 99.1 Å². The summed E-state index contributed by atoms with van der Waals surface area (Å²) in [7, 11) is 3.07. The van der Waals surface area contributed by atoms with Crippen molar-refractivity contribution in [3.63, 3.8) is 0 Å². The fourth-order valence-electron chi connectivity index (χ4n) is 3.60. The molecule has 0 unspecified atom stereocenters. The number of rotatable bonds is 6. The van der Waals surface area contributed by atoms with Crippen LogP contribution in [0.5, 0.6) is 11.5 Å². The van der Waals surface area contributed by atoms with Crippen LogP contribution in [-0.2, 0) is 17.9 Å². The molecule has 0 atom stereocenters. The number of carbonyl (C=O) groups is 1. The molecule has 9 heteroatoms. The van der Waals surface area contributed by atoms with Crippen LogP contribution in [0, 0.1) is 10.1 Å². The molecule has 0 amide bonds. The van der Waals surface area contributed by atoms with E-state index in [2.05, 4.69) is 0 Å². The second-order valence-corrected chi connectivity index (χ2v) is 7.18. The van der Waals surface area contributed by atoms with Gasteiger partial charge in [-0.05, 0) is 23.8 Å². The van der Waals surface area contributed by atoms with Crippen molar-refractivity contribution in [1.82, 2.24) is 0 Å². The van der Waals surface area contributed by atoms with Gasteiger partial charge in [-0.15, -0.1) is 0 Å². The molecule has 2 aromatic carbocycles. The molecule has 3 aromatic rings. The Bertz CT molecular complexity index is 1220. The van der Waals surface area contributed by atoms with E-state index >= 15 is 0 Å². The average Bonchev–Trinajstić information content (AvgIpc) is 2.81. The van der Waals surface area contributed by atoms with Crippen molar-refractivity contribution in [2.75, 3.05) is 14.2 Å². The number of hydrogen-bond acceptors (Lipinski definition) is 6. The van der Waals surface area contributed by atoms with Gasteiger partial charge in [-0.1, -0.05) is 12.1 Å². The molecule has 170 valence electrons. The lowest BCUT2D eigenvalue weighted by Gasteiger charge is -2.22. The zero-order valence-corrected chi connectivity index (χ0v) is 19.6. The molecule has 0 aliphatic carbocycles. The van der Waals surface area contributed by atoms with Crippen molar-refractivity contribution in [3.8, 4) is 11.5 Å². The number of pyridine rings is 1. The molecular formula is C24H21BrN2O6. The first-order valence-corrected chi connectivity index (χ1v) is 9.85. The number of aromatic nitrogens is 1. The van der Waals surface area contributed by atoms with Crippen LogP contribution in [0.2, 0.25) is 0 Å². The summed E-state index contributed by atoms with van der Waals surface area (Å²) in [5.41, 5.74) is 2.87. The van der Waals surface area contributed by atoms with Gasteiger partial charge in [0.05, 0.1) is 19.1 Å². The first-order chi connectivity index (χ1) is 15.5. The Morgan fingerprint density at radius 3 is 2.55 bits per heavy atom.